The van der Waals surface area contributed by atoms with Gasteiger partial charge in [0.2, 0.25) is 5.91 Å². The van der Waals surface area contributed by atoms with Gasteiger partial charge in [0, 0.05) is 5.92 Å². The summed E-state index contributed by atoms with van der Waals surface area (Å²) in [6.45, 7) is 8.39. The van der Waals surface area contributed by atoms with Crippen molar-refractivity contribution < 1.29 is 14.3 Å². The fraction of sp³-hybridized carbons (Fsp3) is 0.368. The van der Waals surface area contributed by atoms with Crippen LogP contribution in [0.3, 0.4) is 0 Å². The van der Waals surface area contributed by atoms with Crippen LogP contribution in [0.4, 0.5) is 5.82 Å². The molecule has 7 heteroatoms. The smallest absolute Gasteiger partial charge is 0.267 e. The maximum atomic E-state index is 12.4. The summed E-state index contributed by atoms with van der Waals surface area (Å²) in [6.07, 6.45) is 2.92. The minimum atomic E-state index is -0.597. The van der Waals surface area contributed by atoms with E-state index in [1.807, 2.05) is 0 Å². The Morgan fingerprint density at radius 3 is 2.00 bits per heavy atom. The molecule has 136 valence electrons. The van der Waals surface area contributed by atoms with Crippen molar-refractivity contribution >= 4 is 17.6 Å². The molecule has 3 rings (SSSR count). The highest BCUT2D eigenvalue weighted by atomic mass is 16.5. The third kappa shape index (κ3) is 3.12. The van der Waals surface area contributed by atoms with Crippen LogP contribution in [-0.2, 0) is 4.79 Å². The first-order valence-corrected chi connectivity index (χ1v) is 8.33. The van der Waals surface area contributed by atoms with Crippen LogP contribution in [0.5, 0.6) is 11.5 Å². The number of carbonyl (C=O) groups is 2. The van der Waals surface area contributed by atoms with E-state index in [0.717, 1.165) is 0 Å². The Morgan fingerprint density at radius 1 is 1.00 bits per heavy atom. The summed E-state index contributed by atoms with van der Waals surface area (Å²) in [5, 5.41) is 2.86. The van der Waals surface area contributed by atoms with E-state index >= 15 is 0 Å². The zero-order valence-electron chi connectivity index (χ0n) is 15.2. The quantitative estimate of drug-likeness (QED) is 0.858. The molecule has 1 saturated carbocycles. The summed E-state index contributed by atoms with van der Waals surface area (Å²) in [5.41, 5.74) is 5.26. The molecule has 2 heterocycles. The van der Waals surface area contributed by atoms with E-state index in [4.69, 9.17) is 10.5 Å². The molecule has 2 aromatic heterocycles. The topological polar surface area (TPSA) is 107 Å². The van der Waals surface area contributed by atoms with Crippen molar-refractivity contribution in [3.8, 4) is 11.5 Å². The van der Waals surface area contributed by atoms with Gasteiger partial charge in [-0.2, -0.15) is 0 Å². The molecule has 0 aliphatic heterocycles. The summed E-state index contributed by atoms with van der Waals surface area (Å²) >= 11 is 0. The normalized spacial score (nSPS) is 17.4. The molecule has 0 bridgehead atoms. The fourth-order valence-electron chi connectivity index (χ4n) is 3.29. The van der Waals surface area contributed by atoms with Gasteiger partial charge in [-0.25, -0.2) is 9.97 Å². The van der Waals surface area contributed by atoms with E-state index in [0.29, 0.717) is 17.3 Å². The van der Waals surface area contributed by atoms with Gasteiger partial charge < -0.3 is 15.8 Å². The SMILES string of the molecule is CC1(C)C(C(=O)Nc2ccc(Oc3ccc(C(N)=O)nc3)cn2)C1(C)C. The summed E-state index contributed by atoms with van der Waals surface area (Å²) in [5.74, 6) is 0.761. The van der Waals surface area contributed by atoms with Crippen LogP contribution in [0, 0.1) is 16.7 Å². The van der Waals surface area contributed by atoms with Gasteiger partial charge >= 0.3 is 0 Å². The number of nitrogens with one attached hydrogen (secondary N) is 1. The number of primary amides is 1. The van der Waals surface area contributed by atoms with Crippen molar-refractivity contribution in [3.05, 3.63) is 42.4 Å². The maximum Gasteiger partial charge on any atom is 0.267 e. The average molecular weight is 354 g/mol. The van der Waals surface area contributed by atoms with E-state index in [2.05, 4.69) is 43.0 Å². The summed E-state index contributed by atoms with van der Waals surface area (Å²) in [4.78, 5) is 31.6. The molecule has 7 nitrogen and oxygen atoms in total. The van der Waals surface area contributed by atoms with E-state index in [9.17, 15) is 9.59 Å². The second kappa shape index (κ2) is 6.09. The van der Waals surface area contributed by atoms with Crippen LogP contribution in [0.1, 0.15) is 38.2 Å². The number of nitrogens with zero attached hydrogens (tertiary/aromatic N) is 2. The number of anilines is 1. The predicted molar refractivity (Wildman–Crippen MR) is 96.7 cm³/mol. The summed E-state index contributed by atoms with van der Waals surface area (Å²) in [7, 11) is 0. The standard InChI is InChI=1S/C19H22N4O3/c1-18(2)15(19(18,3)4)17(25)23-14-8-6-12(10-22-14)26-11-5-7-13(16(20)24)21-9-11/h5-10,15H,1-4H3,(H2,20,24)(H,22,23,25). The van der Waals surface area contributed by atoms with Crippen LogP contribution in [0.15, 0.2) is 36.7 Å². The fourth-order valence-corrected chi connectivity index (χ4v) is 3.29. The lowest BCUT2D eigenvalue weighted by Crippen LogP contribution is -2.18. The monoisotopic (exact) mass is 354 g/mol. The molecule has 1 aliphatic rings. The number of ether oxygens (including phenoxy) is 1. The van der Waals surface area contributed by atoms with E-state index in [-0.39, 0.29) is 28.3 Å². The molecule has 2 aromatic rings. The average Bonchev–Trinajstić information content (AvgIpc) is 2.99. The van der Waals surface area contributed by atoms with Gasteiger partial charge in [-0.1, -0.05) is 27.7 Å². The Morgan fingerprint density at radius 2 is 1.58 bits per heavy atom. The van der Waals surface area contributed by atoms with Gasteiger partial charge in [-0.05, 0) is 35.1 Å². The molecule has 1 fully saturated rings. The lowest BCUT2D eigenvalue weighted by atomic mass is 10.0. The zero-order chi connectivity index (χ0) is 19.1. The van der Waals surface area contributed by atoms with E-state index in [1.54, 1.807) is 18.2 Å². The largest absolute Gasteiger partial charge is 0.454 e. The van der Waals surface area contributed by atoms with Gasteiger partial charge in [-0.3, -0.25) is 9.59 Å². The first kappa shape index (κ1) is 17.8. The van der Waals surface area contributed by atoms with Crippen molar-refractivity contribution in [1.29, 1.82) is 0 Å². The lowest BCUT2D eigenvalue weighted by Gasteiger charge is -2.08. The molecule has 2 amide bonds. The highest BCUT2D eigenvalue weighted by Gasteiger charge is 2.68. The molecule has 1 aliphatic carbocycles. The molecule has 3 N–H and O–H groups in total. The third-order valence-corrected chi connectivity index (χ3v) is 5.50. The maximum absolute atomic E-state index is 12.4. The molecular formula is C19H22N4O3. The van der Waals surface area contributed by atoms with Crippen LogP contribution in [0.2, 0.25) is 0 Å². The zero-order valence-corrected chi connectivity index (χ0v) is 15.2. The first-order valence-electron chi connectivity index (χ1n) is 8.33. The minimum absolute atomic E-state index is 0.0209. The van der Waals surface area contributed by atoms with Crippen LogP contribution in [-0.4, -0.2) is 21.8 Å². The third-order valence-electron chi connectivity index (χ3n) is 5.50. The molecule has 0 unspecified atom stereocenters. The van der Waals surface area contributed by atoms with Crippen molar-refractivity contribution in [2.24, 2.45) is 22.5 Å². The molecule has 0 saturated heterocycles. The van der Waals surface area contributed by atoms with Crippen LogP contribution < -0.4 is 15.8 Å². The van der Waals surface area contributed by atoms with Gasteiger partial charge in [0.05, 0.1) is 12.4 Å². The van der Waals surface area contributed by atoms with Crippen molar-refractivity contribution in [1.82, 2.24) is 9.97 Å². The number of aromatic nitrogens is 2. The molecule has 26 heavy (non-hydrogen) atoms. The first-order chi connectivity index (χ1) is 12.1. The number of nitrogens with two attached hydrogens (primary N) is 1. The van der Waals surface area contributed by atoms with Crippen LogP contribution >= 0.6 is 0 Å². The van der Waals surface area contributed by atoms with Gasteiger partial charge in [-0.15, -0.1) is 0 Å². The molecule has 0 atom stereocenters. The van der Waals surface area contributed by atoms with Gasteiger partial charge in [0.25, 0.3) is 5.91 Å². The number of hydrogen-bond acceptors (Lipinski definition) is 5. The number of pyridine rings is 2. The number of amides is 2. The van der Waals surface area contributed by atoms with Crippen molar-refractivity contribution in [3.63, 3.8) is 0 Å². The summed E-state index contributed by atoms with van der Waals surface area (Å²) < 4.78 is 5.61. The van der Waals surface area contributed by atoms with Crippen LogP contribution in [0.25, 0.3) is 0 Å². The number of carbonyl (C=O) groups excluding carboxylic acids is 2. The van der Waals surface area contributed by atoms with Gasteiger partial charge in [0.1, 0.15) is 23.0 Å². The Balaban J connectivity index is 1.62. The molecule has 0 radical (unpaired) electrons. The lowest BCUT2D eigenvalue weighted by molar-refractivity contribution is -0.118. The summed E-state index contributed by atoms with van der Waals surface area (Å²) in [6, 6.07) is 6.47. The Hall–Kier alpha value is -2.96. The molecular weight excluding hydrogens is 332 g/mol. The van der Waals surface area contributed by atoms with E-state index in [1.165, 1.54) is 18.5 Å². The Labute approximate surface area is 152 Å². The molecule has 0 aromatic carbocycles. The Kier molecular flexibility index (Phi) is 4.18. The van der Waals surface area contributed by atoms with Crippen molar-refractivity contribution in [2.45, 2.75) is 27.7 Å². The number of rotatable bonds is 5. The minimum Gasteiger partial charge on any atom is -0.454 e. The second-order valence-electron chi connectivity index (χ2n) is 7.59. The highest BCUT2D eigenvalue weighted by molar-refractivity contribution is 5.95. The Bertz CT molecular complexity index is 828. The number of hydrogen-bond donors (Lipinski definition) is 2. The van der Waals surface area contributed by atoms with Crippen molar-refractivity contribution in [2.75, 3.05) is 5.32 Å². The van der Waals surface area contributed by atoms with Gasteiger partial charge in [0.15, 0.2) is 0 Å². The predicted octanol–water partition coefficient (Wildman–Crippen LogP) is 2.99. The second-order valence-corrected chi connectivity index (χ2v) is 7.59. The highest BCUT2D eigenvalue weighted by Crippen LogP contribution is 2.68. The molecule has 0 spiro atoms. The van der Waals surface area contributed by atoms with E-state index < -0.39 is 5.91 Å².